The van der Waals surface area contributed by atoms with Gasteiger partial charge in [0, 0.05) is 0 Å². The van der Waals surface area contributed by atoms with Crippen LogP contribution in [0, 0.1) is 11.8 Å². The van der Waals surface area contributed by atoms with Crippen LogP contribution < -0.4 is 0 Å². The molecule has 0 amide bonds. The minimum absolute atomic E-state index is 0.0218. The molecule has 0 radical (unpaired) electrons. The van der Waals surface area contributed by atoms with E-state index in [0.29, 0.717) is 13.2 Å². The van der Waals surface area contributed by atoms with E-state index in [9.17, 15) is 9.59 Å². The maximum Gasteiger partial charge on any atom is 0.308 e. The van der Waals surface area contributed by atoms with Gasteiger partial charge < -0.3 is 9.47 Å². The van der Waals surface area contributed by atoms with Crippen molar-refractivity contribution in [1.82, 2.24) is 0 Å². The van der Waals surface area contributed by atoms with Crippen molar-refractivity contribution >= 4 is 11.9 Å². The quantitative estimate of drug-likeness (QED) is 0.201. The summed E-state index contributed by atoms with van der Waals surface area (Å²) in [5, 5.41) is 0. The van der Waals surface area contributed by atoms with E-state index >= 15 is 0 Å². The lowest BCUT2D eigenvalue weighted by atomic mass is 10.00. The molecule has 0 spiro atoms. The van der Waals surface area contributed by atoms with E-state index in [1.165, 1.54) is 0 Å². The Bertz CT molecular complexity index is 333. The van der Waals surface area contributed by atoms with E-state index in [-0.39, 0.29) is 23.8 Å². The van der Waals surface area contributed by atoms with E-state index in [0.717, 1.165) is 83.5 Å². The number of carbonyl (C=O) groups excluding carboxylic acids is 2. The fourth-order valence-electron chi connectivity index (χ4n) is 3.19. The van der Waals surface area contributed by atoms with Gasteiger partial charge >= 0.3 is 11.9 Å². The Morgan fingerprint density at radius 2 is 0.963 bits per heavy atom. The minimum Gasteiger partial charge on any atom is -0.465 e. The van der Waals surface area contributed by atoms with Crippen molar-refractivity contribution in [2.45, 2.75) is 111 Å². The molecule has 0 N–H and O–H groups in total. The van der Waals surface area contributed by atoms with E-state index < -0.39 is 0 Å². The zero-order valence-electron chi connectivity index (χ0n) is 18.4. The van der Waals surface area contributed by atoms with Crippen LogP contribution in [0.1, 0.15) is 111 Å². The van der Waals surface area contributed by atoms with Crippen LogP contribution >= 0.6 is 0 Å². The zero-order valence-corrected chi connectivity index (χ0v) is 18.4. The van der Waals surface area contributed by atoms with Crippen molar-refractivity contribution < 1.29 is 19.1 Å². The van der Waals surface area contributed by atoms with Gasteiger partial charge in [-0.15, -0.1) is 0 Å². The lowest BCUT2D eigenvalue weighted by molar-refractivity contribution is -0.149. The van der Waals surface area contributed by atoms with Crippen molar-refractivity contribution in [2.24, 2.45) is 11.8 Å². The smallest absolute Gasteiger partial charge is 0.308 e. The summed E-state index contributed by atoms with van der Waals surface area (Å²) in [5.74, 6) is 0.102. The van der Waals surface area contributed by atoms with Crippen LogP contribution in [0.25, 0.3) is 0 Å². The second kappa shape index (κ2) is 18.3. The predicted octanol–water partition coefficient (Wildman–Crippen LogP) is 6.46. The Morgan fingerprint density at radius 1 is 0.593 bits per heavy atom. The van der Waals surface area contributed by atoms with Gasteiger partial charge in [-0.25, -0.2) is 0 Å². The second-order valence-corrected chi connectivity index (χ2v) is 7.60. The van der Waals surface area contributed by atoms with Gasteiger partial charge in [0.1, 0.15) is 0 Å². The van der Waals surface area contributed by atoms with E-state index in [2.05, 4.69) is 27.7 Å². The van der Waals surface area contributed by atoms with Crippen molar-refractivity contribution in [3.8, 4) is 0 Å². The van der Waals surface area contributed by atoms with Crippen molar-refractivity contribution in [2.75, 3.05) is 13.2 Å². The molecule has 4 nitrogen and oxygen atoms in total. The van der Waals surface area contributed by atoms with Gasteiger partial charge in [-0.05, 0) is 38.5 Å². The van der Waals surface area contributed by atoms with Crippen LogP contribution in [0.4, 0.5) is 0 Å². The highest BCUT2D eigenvalue weighted by Crippen LogP contribution is 2.16. The fraction of sp³-hybridized carbons (Fsp3) is 0.913. The summed E-state index contributed by atoms with van der Waals surface area (Å²) in [4.78, 5) is 24.0. The Hall–Kier alpha value is -1.06. The number of carbonyl (C=O) groups is 2. The number of ether oxygens (including phenoxy) is 2. The average Bonchev–Trinajstić information content (AvgIpc) is 2.67. The van der Waals surface area contributed by atoms with Crippen LogP contribution in [0.5, 0.6) is 0 Å². The van der Waals surface area contributed by atoms with Crippen LogP contribution in [0.2, 0.25) is 0 Å². The molecular formula is C23H44O4. The van der Waals surface area contributed by atoms with E-state index in [4.69, 9.17) is 9.47 Å². The summed E-state index contributed by atoms with van der Waals surface area (Å²) in [6.07, 6.45) is 13.1. The average molecular weight is 385 g/mol. The molecule has 0 aliphatic carbocycles. The Balaban J connectivity index is 3.61. The Kier molecular flexibility index (Phi) is 17.6. The molecule has 0 rings (SSSR count). The molecule has 0 aromatic rings. The highest BCUT2D eigenvalue weighted by molar-refractivity contribution is 5.72. The molecular weight excluding hydrogens is 340 g/mol. The molecule has 2 atom stereocenters. The maximum atomic E-state index is 12.0. The standard InChI is InChI=1S/C23H44O4/c1-5-9-16-20(7-3)22(24)26-18-14-12-11-13-15-19-27-23(25)21(8-4)17-10-6-2/h20-21H,5-19H2,1-4H3/t20-,21-/m1/s1. The molecule has 0 aliphatic heterocycles. The van der Waals surface area contributed by atoms with Crippen LogP contribution in [0.3, 0.4) is 0 Å². The zero-order chi connectivity index (χ0) is 20.3. The normalized spacial score (nSPS) is 13.2. The van der Waals surface area contributed by atoms with Crippen LogP contribution in [-0.4, -0.2) is 25.2 Å². The lowest BCUT2D eigenvalue weighted by Gasteiger charge is -2.14. The molecule has 0 aliphatic rings. The van der Waals surface area contributed by atoms with Gasteiger partial charge in [-0.3, -0.25) is 9.59 Å². The third kappa shape index (κ3) is 13.7. The van der Waals surface area contributed by atoms with Gasteiger partial charge in [0.15, 0.2) is 0 Å². The van der Waals surface area contributed by atoms with Gasteiger partial charge in [0.05, 0.1) is 25.0 Å². The second-order valence-electron chi connectivity index (χ2n) is 7.60. The summed E-state index contributed by atoms with van der Waals surface area (Å²) >= 11 is 0. The number of rotatable bonds is 18. The number of unbranched alkanes of at least 4 members (excludes halogenated alkanes) is 6. The summed E-state index contributed by atoms with van der Waals surface area (Å²) in [5.41, 5.74) is 0. The molecule has 0 fully saturated rings. The topological polar surface area (TPSA) is 52.6 Å². The van der Waals surface area contributed by atoms with Gasteiger partial charge in [0.25, 0.3) is 0 Å². The van der Waals surface area contributed by atoms with Crippen molar-refractivity contribution in [3.63, 3.8) is 0 Å². The summed E-state index contributed by atoms with van der Waals surface area (Å²) in [7, 11) is 0. The van der Waals surface area contributed by atoms with E-state index in [1.807, 2.05) is 0 Å². The largest absolute Gasteiger partial charge is 0.465 e. The first-order chi connectivity index (χ1) is 13.1. The first-order valence-electron chi connectivity index (χ1n) is 11.4. The van der Waals surface area contributed by atoms with Gasteiger partial charge in [-0.2, -0.15) is 0 Å². The molecule has 4 heteroatoms. The van der Waals surface area contributed by atoms with Crippen molar-refractivity contribution in [1.29, 1.82) is 0 Å². The monoisotopic (exact) mass is 384 g/mol. The molecule has 0 bridgehead atoms. The third-order valence-electron chi connectivity index (χ3n) is 5.24. The summed E-state index contributed by atoms with van der Waals surface area (Å²) in [6.45, 7) is 9.47. The molecule has 160 valence electrons. The highest BCUT2D eigenvalue weighted by atomic mass is 16.5. The summed E-state index contributed by atoms with van der Waals surface area (Å²) < 4.78 is 10.8. The molecule has 0 saturated carbocycles. The maximum absolute atomic E-state index is 12.0. The molecule has 0 aromatic heterocycles. The minimum atomic E-state index is -0.0218. The predicted molar refractivity (Wildman–Crippen MR) is 112 cm³/mol. The van der Waals surface area contributed by atoms with Crippen molar-refractivity contribution in [3.05, 3.63) is 0 Å². The first-order valence-corrected chi connectivity index (χ1v) is 11.4. The number of hydrogen-bond acceptors (Lipinski definition) is 4. The van der Waals surface area contributed by atoms with Gasteiger partial charge in [0.2, 0.25) is 0 Å². The fourth-order valence-corrected chi connectivity index (χ4v) is 3.19. The lowest BCUT2D eigenvalue weighted by Crippen LogP contribution is -2.18. The molecule has 0 saturated heterocycles. The number of esters is 2. The highest BCUT2D eigenvalue weighted by Gasteiger charge is 2.17. The molecule has 0 aromatic carbocycles. The first kappa shape index (κ1) is 25.9. The third-order valence-corrected chi connectivity index (χ3v) is 5.24. The molecule has 27 heavy (non-hydrogen) atoms. The number of hydrogen-bond donors (Lipinski definition) is 0. The van der Waals surface area contributed by atoms with E-state index in [1.54, 1.807) is 0 Å². The SMILES string of the molecule is CCCC[C@@H](CC)C(=O)OCCCCCCCOC(=O)[C@H](CC)CCCC. The van der Waals surface area contributed by atoms with Gasteiger partial charge in [-0.1, -0.05) is 72.6 Å². The Morgan fingerprint density at radius 3 is 1.30 bits per heavy atom. The van der Waals surface area contributed by atoms with Crippen LogP contribution in [0.15, 0.2) is 0 Å². The summed E-state index contributed by atoms with van der Waals surface area (Å²) in [6, 6.07) is 0. The Labute approximate surface area is 167 Å². The molecule has 0 unspecified atom stereocenters. The van der Waals surface area contributed by atoms with Crippen LogP contribution in [-0.2, 0) is 19.1 Å². The molecule has 0 heterocycles.